The normalized spacial score (nSPS) is 10.7. The predicted octanol–water partition coefficient (Wildman–Crippen LogP) is 2.93. The number of nitrogens with one attached hydrogen (secondary N) is 1. The fraction of sp³-hybridized carbons (Fsp3) is 0.188. The lowest BCUT2D eigenvalue weighted by Crippen LogP contribution is -2.12. The van der Waals surface area contributed by atoms with Gasteiger partial charge in [0.15, 0.2) is 11.5 Å². The van der Waals surface area contributed by atoms with Crippen molar-refractivity contribution in [2.24, 2.45) is 0 Å². The Morgan fingerprint density at radius 3 is 2.76 bits per heavy atom. The highest BCUT2D eigenvalue weighted by molar-refractivity contribution is 6.04. The summed E-state index contributed by atoms with van der Waals surface area (Å²) in [5, 5.41) is 7.26. The van der Waals surface area contributed by atoms with E-state index in [4.69, 9.17) is 0 Å². The summed E-state index contributed by atoms with van der Waals surface area (Å²) in [5.41, 5.74) is 2.11. The molecule has 0 saturated carbocycles. The molecule has 0 bridgehead atoms. The minimum atomic E-state index is -0.135. The summed E-state index contributed by atoms with van der Waals surface area (Å²) < 4.78 is 1.70. The van der Waals surface area contributed by atoms with E-state index in [9.17, 15) is 4.79 Å². The van der Waals surface area contributed by atoms with Crippen LogP contribution in [0.3, 0.4) is 0 Å². The Morgan fingerprint density at radius 1 is 1.19 bits per heavy atom. The minimum Gasteiger partial charge on any atom is -0.321 e. The summed E-state index contributed by atoms with van der Waals surface area (Å²) in [4.78, 5) is 16.5. The molecule has 0 atom stereocenters. The molecule has 2 heterocycles. The number of benzene rings is 1. The molecule has 0 saturated heterocycles. The summed E-state index contributed by atoms with van der Waals surface area (Å²) in [6.45, 7) is 2.09. The van der Waals surface area contributed by atoms with E-state index in [-0.39, 0.29) is 5.91 Å². The first-order valence-electron chi connectivity index (χ1n) is 6.98. The van der Waals surface area contributed by atoms with Crippen molar-refractivity contribution in [2.45, 2.75) is 19.8 Å². The first-order valence-corrected chi connectivity index (χ1v) is 6.98. The van der Waals surface area contributed by atoms with Crippen LogP contribution in [0.15, 0.2) is 48.7 Å². The summed E-state index contributed by atoms with van der Waals surface area (Å²) in [6, 6.07) is 12.8. The minimum absolute atomic E-state index is 0.135. The van der Waals surface area contributed by atoms with Gasteiger partial charge in [0.1, 0.15) is 0 Å². The number of fused-ring (bicyclic) bond motifs is 1. The van der Waals surface area contributed by atoms with Gasteiger partial charge in [0.2, 0.25) is 0 Å². The first-order chi connectivity index (χ1) is 10.3. The molecule has 3 aromatic rings. The number of aromatic nitrogens is 3. The van der Waals surface area contributed by atoms with Gasteiger partial charge in [0.25, 0.3) is 5.91 Å². The summed E-state index contributed by atoms with van der Waals surface area (Å²) in [5.74, 6) is 0.688. The van der Waals surface area contributed by atoms with Gasteiger partial charge >= 0.3 is 0 Å². The Labute approximate surface area is 122 Å². The van der Waals surface area contributed by atoms with Crippen molar-refractivity contribution >= 4 is 17.2 Å². The quantitative estimate of drug-likeness (QED) is 0.799. The number of hydrogen-bond donors (Lipinski definition) is 1. The molecule has 0 unspecified atom stereocenters. The number of anilines is 1. The second-order valence-electron chi connectivity index (χ2n) is 4.82. The fourth-order valence-corrected chi connectivity index (χ4v) is 2.13. The zero-order valence-corrected chi connectivity index (χ0v) is 11.8. The second kappa shape index (κ2) is 5.75. The Morgan fingerprint density at radius 2 is 2.00 bits per heavy atom. The van der Waals surface area contributed by atoms with E-state index in [0.717, 1.165) is 24.3 Å². The molecule has 1 aromatic carbocycles. The summed E-state index contributed by atoms with van der Waals surface area (Å²) in [7, 11) is 0. The van der Waals surface area contributed by atoms with Gasteiger partial charge in [-0.05, 0) is 30.7 Å². The SMILES string of the molecule is CCCc1nc2ccc(NC(=O)c3ccccc3)cn2n1. The third kappa shape index (κ3) is 2.91. The van der Waals surface area contributed by atoms with E-state index in [0.29, 0.717) is 11.3 Å². The number of rotatable bonds is 4. The van der Waals surface area contributed by atoms with Crippen LogP contribution in [0, 0.1) is 0 Å². The number of carbonyl (C=O) groups is 1. The highest BCUT2D eigenvalue weighted by Crippen LogP contribution is 2.12. The van der Waals surface area contributed by atoms with E-state index in [1.54, 1.807) is 22.8 Å². The zero-order valence-electron chi connectivity index (χ0n) is 11.8. The van der Waals surface area contributed by atoms with Crippen LogP contribution < -0.4 is 5.32 Å². The molecule has 0 radical (unpaired) electrons. The molecule has 3 rings (SSSR count). The Balaban J connectivity index is 1.82. The van der Waals surface area contributed by atoms with Crippen LogP contribution in [-0.4, -0.2) is 20.5 Å². The monoisotopic (exact) mass is 280 g/mol. The van der Waals surface area contributed by atoms with Crippen molar-refractivity contribution in [1.82, 2.24) is 14.6 Å². The largest absolute Gasteiger partial charge is 0.321 e. The van der Waals surface area contributed by atoms with Gasteiger partial charge in [-0.15, -0.1) is 0 Å². The maximum atomic E-state index is 12.1. The van der Waals surface area contributed by atoms with E-state index in [1.807, 2.05) is 30.3 Å². The van der Waals surface area contributed by atoms with Gasteiger partial charge in [0, 0.05) is 12.0 Å². The van der Waals surface area contributed by atoms with Crippen molar-refractivity contribution in [2.75, 3.05) is 5.32 Å². The van der Waals surface area contributed by atoms with Crippen molar-refractivity contribution in [3.8, 4) is 0 Å². The van der Waals surface area contributed by atoms with Crippen LogP contribution in [0.4, 0.5) is 5.69 Å². The molecule has 5 nitrogen and oxygen atoms in total. The predicted molar refractivity (Wildman–Crippen MR) is 81.4 cm³/mol. The van der Waals surface area contributed by atoms with Crippen LogP contribution in [-0.2, 0) is 6.42 Å². The summed E-state index contributed by atoms with van der Waals surface area (Å²) in [6.07, 6.45) is 3.64. The highest BCUT2D eigenvalue weighted by atomic mass is 16.1. The van der Waals surface area contributed by atoms with Crippen LogP contribution >= 0.6 is 0 Å². The van der Waals surface area contributed by atoms with E-state index < -0.39 is 0 Å². The van der Waals surface area contributed by atoms with Gasteiger partial charge in [-0.25, -0.2) is 9.50 Å². The van der Waals surface area contributed by atoms with E-state index >= 15 is 0 Å². The Kier molecular flexibility index (Phi) is 3.64. The van der Waals surface area contributed by atoms with Gasteiger partial charge in [-0.1, -0.05) is 25.1 Å². The molecular weight excluding hydrogens is 264 g/mol. The number of carbonyl (C=O) groups excluding carboxylic acids is 1. The van der Waals surface area contributed by atoms with Crippen molar-refractivity contribution in [1.29, 1.82) is 0 Å². The van der Waals surface area contributed by atoms with Gasteiger partial charge in [0.05, 0.1) is 11.9 Å². The third-order valence-electron chi connectivity index (χ3n) is 3.14. The van der Waals surface area contributed by atoms with Gasteiger partial charge in [-0.2, -0.15) is 5.10 Å². The summed E-state index contributed by atoms with van der Waals surface area (Å²) >= 11 is 0. The molecule has 0 aliphatic carbocycles. The lowest BCUT2D eigenvalue weighted by atomic mass is 10.2. The lowest BCUT2D eigenvalue weighted by molar-refractivity contribution is 0.102. The number of hydrogen-bond acceptors (Lipinski definition) is 3. The molecule has 5 heteroatoms. The molecule has 1 N–H and O–H groups in total. The first kappa shape index (κ1) is 13.3. The molecule has 0 aliphatic heterocycles. The number of aryl methyl sites for hydroxylation is 1. The number of nitrogens with zero attached hydrogens (tertiary/aromatic N) is 3. The fourth-order valence-electron chi connectivity index (χ4n) is 2.13. The van der Waals surface area contributed by atoms with Crippen LogP contribution in [0.25, 0.3) is 5.65 Å². The molecule has 0 aliphatic rings. The van der Waals surface area contributed by atoms with Crippen molar-refractivity contribution < 1.29 is 4.79 Å². The smallest absolute Gasteiger partial charge is 0.255 e. The average molecular weight is 280 g/mol. The molecule has 2 aromatic heterocycles. The molecule has 106 valence electrons. The molecule has 0 spiro atoms. The molecule has 1 amide bonds. The Hall–Kier alpha value is -2.69. The van der Waals surface area contributed by atoms with Crippen LogP contribution in [0.5, 0.6) is 0 Å². The van der Waals surface area contributed by atoms with Crippen molar-refractivity contribution in [3.05, 3.63) is 60.0 Å². The standard InChI is InChI=1S/C16H16N4O/c1-2-6-14-18-15-10-9-13(11-20(15)19-14)17-16(21)12-7-4-3-5-8-12/h3-5,7-11H,2,6H2,1H3,(H,17,21). The van der Waals surface area contributed by atoms with Gasteiger partial charge in [-0.3, -0.25) is 4.79 Å². The number of amides is 1. The average Bonchev–Trinajstić information content (AvgIpc) is 2.90. The van der Waals surface area contributed by atoms with E-state index in [2.05, 4.69) is 22.3 Å². The van der Waals surface area contributed by atoms with Crippen LogP contribution in [0.1, 0.15) is 29.5 Å². The highest BCUT2D eigenvalue weighted by Gasteiger charge is 2.07. The molecule has 21 heavy (non-hydrogen) atoms. The molecular formula is C16H16N4O. The topological polar surface area (TPSA) is 59.3 Å². The zero-order chi connectivity index (χ0) is 14.7. The Bertz CT molecular complexity index is 764. The number of pyridine rings is 1. The molecule has 0 fully saturated rings. The van der Waals surface area contributed by atoms with Gasteiger partial charge < -0.3 is 5.32 Å². The van der Waals surface area contributed by atoms with E-state index in [1.165, 1.54) is 0 Å². The van der Waals surface area contributed by atoms with Crippen LogP contribution in [0.2, 0.25) is 0 Å². The second-order valence-corrected chi connectivity index (χ2v) is 4.82. The lowest BCUT2D eigenvalue weighted by Gasteiger charge is -2.05. The third-order valence-corrected chi connectivity index (χ3v) is 3.14. The maximum Gasteiger partial charge on any atom is 0.255 e. The van der Waals surface area contributed by atoms with Crippen molar-refractivity contribution in [3.63, 3.8) is 0 Å². The maximum absolute atomic E-state index is 12.1.